The van der Waals surface area contributed by atoms with Crippen LogP contribution in [0.5, 0.6) is 0 Å². The highest BCUT2D eigenvalue weighted by Crippen LogP contribution is 2.50. The predicted octanol–water partition coefficient (Wildman–Crippen LogP) is 1.25. The number of benzene rings is 1. The van der Waals surface area contributed by atoms with Crippen LogP contribution in [0, 0.1) is 0 Å². The fourth-order valence-corrected chi connectivity index (χ4v) is 2.35. The van der Waals surface area contributed by atoms with E-state index >= 15 is 0 Å². The van der Waals surface area contributed by atoms with E-state index in [2.05, 4.69) is 0 Å². The normalized spacial score (nSPS) is 19.5. The highest BCUT2D eigenvalue weighted by Gasteiger charge is 2.45. The molecule has 0 aliphatic heterocycles. The molecule has 0 saturated heterocycles. The van der Waals surface area contributed by atoms with Crippen molar-refractivity contribution in [2.45, 2.75) is 17.6 Å². The molecule has 0 spiro atoms. The smallest absolute Gasteiger partial charge is 0.335 e. The highest BCUT2D eigenvalue weighted by atomic mass is 32.2. The van der Waals surface area contributed by atoms with Gasteiger partial charge in [-0.05, 0) is 41.6 Å². The minimum Gasteiger partial charge on any atom is -0.772 e. The molecule has 0 radical (unpaired) electrons. The first kappa shape index (κ1) is 10.3. The monoisotopic (exact) mass is 225 g/mol. The van der Waals surface area contributed by atoms with Crippen molar-refractivity contribution in [2.24, 2.45) is 0 Å². The third-order valence-electron chi connectivity index (χ3n) is 2.68. The Labute approximate surface area is 89.2 Å². The van der Waals surface area contributed by atoms with Gasteiger partial charge in [-0.2, -0.15) is 0 Å². The Morgan fingerprint density at radius 1 is 1.33 bits per heavy atom. The number of aromatic carboxylic acids is 1. The summed E-state index contributed by atoms with van der Waals surface area (Å²) in [4.78, 5) is 10.6. The van der Waals surface area contributed by atoms with Gasteiger partial charge in [0.2, 0.25) is 0 Å². The van der Waals surface area contributed by atoms with Gasteiger partial charge < -0.3 is 9.66 Å². The molecule has 0 aromatic heterocycles. The van der Waals surface area contributed by atoms with Gasteiger partial charge in [0, 0.05) is 0 Å². The summed E-state index contributed by atoms with van der Waals surface area (Å²) < 4.78 is 21.2. The number of carboxylic acids is 1. The maximum Gasteiger partial charge on any atom is 0.335 e. The van der Waals surface area contributed by atoms with Crippen LogP contribution in [-0.4, -0.2) is 19.8 Å². The molecule has 1 aliphatic carbocycles. The molecule has 80 valence electrons. The molecule has 1 aromatic carbocycles. The molecule has 1 unspecified atom stereocenters. The maximum atomic E-state index is 11.0. The molecule has 1 N–H and O–H groups in total. The Morgan fingerprint density at radius 2 is 1.87 bits per heavy atom. The topological polar surface area (TPSA) is 77.4 Å². The first-order valence-electron chi connectivity index (χ1n) is 4.49. The summed E-state index contributed by atoms with van der Waals surface area (Å²) in [6.07, 6.45) is 1.24. The second-order valence-corrected chi connectivity index (χ2v) is 4.86. The summed E-state index contributed by atoms with van der Waals surface area (Å²) in [6.45, 7) is 0. The summed E-state index contributed by atoms with van der Waals surface area (Å²) in [6, 6.07) is 6.02. The standard InChI is InChI=1S/C10H10O4S/c11-9(12)7-1-3-8(4-2-7)10(5-6-10)15(13)14/h1-4H,5-6H2,(H,11,12)(H,13,14)/p-1. The van der Waals surface area contributed by atoms with E-state index in [0.29, 0.717) is 18.4 Å². The van der Waals surface area contributed by atoms with Crippen LogP contribution in [0.1, 0.15) is 28.8 Å². The van der Waals surface area contributed by atoms with Crippen molar-refractivity contribution in [3.8, 4) is 0 Å². The van der Waals surface area contributed by atoms with Crippen LogP contribution in [0.2, 0.25) is 0 Å². The van der Waals surface area contributed by atoms with Gasteiger partial charge in [0.05, 0.1) is 10.3 Å². The quantitative estimate of drug-likeness (QED) is 0.785. The van der Waals surface area contributed by atoms with Gasteiger partial charge in [-0.15, -0.1) is 0 Å². The van der Waals surface area contributed by atoms with Crippen LogP contribution in [0.25, 0.3) is 0 Å². The number of carbonyl (C=O) groups is 1. The molecule has 2 rings (SSSR count). The third kappa shape index (κ3) is 1.68. The molecule has 5 heteroatoms. The fraction of sp³-hybridized carbons (Fsp3) is 0.300. The molecular weight excluding hydrogens is 216 g/mol. The van der Waals surface area contributed by atoms with E-state index in [-0.39, 0.29) is 5.56 Å². The lowest BCUT2D eigenvalue weighted by molar-refractivity contribution is 0.0697. The molecule has 4 nitrogen and oxygen atoms in total. The van der Waals surface area contributed by atoms with Crippen LogP contribution < -0.4 is 0 Å². The van der Waals surface area contributed by atoms with Crippen LogP contribution in [0.15, 0.2) is 24.3 Å². The molecule has 1 aromatic rings. The van der Waals surface area contributed by atoms with Crippen molar-refractivity contribution in [3.05, 3.63) is 35.4 Å². The van der Waals surface area contributed by atoms with E-state index in [1.54, 1.807) is 12.1 Å². The molecule has 15 heavy (non-hydrogen) atoms. The fourth-order valence-electron chi connectivity index (χ4n) is 1.58. The van der Waals surface area contributed by atoms with Gasteiger partial charge in [-0.25, -0.2) is 4.79 Å². The van der Waals surface area contributed by atoms with Gasteiger partial charge in [0.15, 0.2) is 0 Å². The number of carboxylic acid groups (broad SMARTS) is 1. The molecular formula is C10H9O4S-. The third-order valence-corrected chi connectivity index (χ3v) is 3.96. The number of hydrogen-bond acceptors (Lipinski definition) is 3. The molecule has 0 bridgehead atoms. The Balaban J connectivity index is 2.32. The second kappa shape index (κ2) is 3.43. The summed E-state index contributed by atoms with van der Waals surface area (Å²) >= 11 is -2.13. The predicted molar refractivity (Wildman–Crippen MR) is 53.2 cm³/mol. The SMILES string of the molecule is O=C(O)c1ccc(C2(S(=O)[O-])CC2)cc1. The Kier molecular flexibility index (Phi) is 2.36. The zero-order chi connectivity index (χ0) is 11.1. The number of rotatable bonds is 3. The minimum absolute atomic E-state index is 0.172. The Bertz CT molecular complexity index is 420. The summed E-state index contributed by atoms with van der Waals surface area (Å²) in [5, 5.41) is 8.68. The van der Waals surface area contributed by atoms with Crippen molar-refractivity contribution < 1.29 is 18.7 Å². The lowest BCUT2D eigenvalue weighted by Crippen LogP contribution is -2.13. The molecule has 1 saturated carbocycles. The lowest BCUT2D eigenvalue weighted by Gasteiger charge is -2.18. The van der Waals surface area contributed by atoms with E-state index in [1.807, 2.05) is 0 Å². The van der Waals surface area contributed by atoms with Crippen molar-refractivity contribution in [1.29, 1.82) is 0 Å². The van der Waals surface area contributed by atoms with Crippen LogP contribution in [0.4, 0.5) is 0 Å². The van der Waals surface area contributed by atoms with Crippen molar-refractivity contribution in [3.63, 3.8) is 0 Å². The highest BCUT2D eigenvalue weighted by molar-refractivity contribution is 7.80. The summed E-state index contributed by atoms with van der Waals surface area (Å²) in [5.41, 5.74) is 0.854. The zero-order valence-electron chi connectivity index (χ0n) is 7.80. The molecule has 1 aliphatic rings. The van der Waals surface area contributed by atoms with Crippen molar-refractivity contribution >= 4 is 17.0 Å². The summed E-state index contributed by atoms with van der Waals surface area (Å²) in [7, 11) is 0. The molecule has 1 fully saturated rings. The molecule has 0 amide bonds. The Hall–Kier alpha value is -1.20. The van der Waals surface area contributed by atoms with E-state index < -0.39 is 21.8 Å². The first-order valence-corrected chi connectivity index (χ1v) is 5.57. The molecule has 1 atom stereocenters. The number of hydrogen-bond donors (Lipinski definition) is 1. The van der Waals surface area contributed by atoms with Crippen LogP contribution >= 0.6 is 0 Å². The van der Waals surface area contributed by atoms with Gasteiger partial charge in [-0.3, -0.25) is 4.21 Å². The van der Waals surface area contributed by atoms with Crippen molar-refractivity contribution in [2.75, 3.05) is 0 Å². The molecule has 0 heterocycles. The largest absolute Gasteiger partial charge is 0.772 e. The summed E-state index contributed by atoms with van der Waals surface area (Å²) in [5.74, 6) is -1.00. The van der Waals surface area contributed by atoms with Crippen LogP contribution in [-0.2, 0) is 15.8 Å². The average Bonchev–Trinajstić information content (AvgIpc) is 2.98. The lowest BCUT2D eigenvalue weighted by atomic mass is 10.1. The van der Waals surface area contributed by atoms with Gasteiger partial charge in [0.1, 0.15) is 0 Å². The van der Waals surface area contributed by atoms with Crippen LogP contribution in [0.3, 0.4) is 0 Å². The first-order chi connectivity index (χ1) is 7.06. The van der Waals surface area contributed by atoms with E-state index in [1.165, 1.54) is 12.1 Å². The maximum absolute atomic E-state index is 11.0. The van der Waals surface area contributed by atoms with E-state index in [4.69, 9.17) is 5.11 Å². The average molecular weight is 225 g/mol. The van der Waals surface area contributed by atoms with E-state index in [9.17, 15) is 13.6 Å². The second-order valence-electron chi connectivity index (χ2n) is 3.61. The Morgan fingerprint density at radius 3 is 2.20 bits per heavy atom. The van der Waals surface area contributed by atoms with Gasteiger partial charge >= 0.3 is 5.97 Å². The zero-order valence-corrected chi connectivity index (χ0v) is 8.62. The van der Waals surface area contributed by atoms with Gasteiger partial charge in [-0.1, -0.05) is 12.1 Å². The van der Waals surface area contributed by atoms with Gasteiger partial charge in [0.25, 0.3) is 0 Å². The van der Waals surface area contributed by atoms with E-state index in [0.717, 1.165) is 0 Å². The minimum atomic E-state index is -2.13. The van der Waals surface area contributed by atoms with Crippen molar-refractivity contribution in [1.82, 2.24) is 0 Å².